The van der Waals surface area contributed by atoms with Crippen LogP contribution in [0.3, 0.4) is 0 Å². The van der Waals surface area contributed by atoms with Gasteiger partial charge in [-0.3, -0.25) is 4.79 Å². The van der Waals surface area contributed by atoms with Crippen LogP contribution in [0.1, 0.15) is 35.7 Å². The first kappa shape index (κ1) is 23.2. The lowest BCUT2D eigenvalue weighted by Crippen LogP contribution is -2.41. The van der Waals surface area contributed by atoms with Gasteiger partial charge in [-0.15, -0.1) is 0 Å². The standard InChI is InChI=1S/C22H26N2O5S2/c1-16(2)17-5-9-19(10-6-17)24(20-13-14-30(26,27)15-20)22(25)18-7-11-21(12-8-18)31(28,29)23(3)4/h5-14,16,20H,15H2,1-4H3. The van der Waals surface area contributed by atoms with Gasteiger partial charge in [-0.1, -0.05) is 26.0 Å². The molecule has 3 rings (SSSR count). The van der Waals surface area contributed by atoms with Gasteiger partial charge in [0.1, 0.15) is 0 Å². The number of sulfone groups is 1. The maximum Gasteiger partial charge on any atom is 0.258 e. The molecule has 0 N–H and O–H groups in total. The molecule has 2 aromatic rings. The van der Waals surface area contributed by atoms with E-state index in [1.54, 1.807) is 12.1 Å². The zero-order chi connectivity index (χ0) is 23.0. The van der Waals surface area contributed by atoms with Gasteiger partial charge in [0.05, 0.1) is 16.7 Å². The summed E-state index contributed by atoms with van der Waals surface area (Å²) >= 11 is 0. The van der Waals surface area contributed by atoms with E-state index in [0.29, 0.717) is 11.6 Å². The number of hydrogen-bond donors (Lipinski definition) is 0. The Morgan fingerprint density at radius 1 is 1.00 bits per heavy atom. The van der Waals surface area contributed by atoms with Crippen molar-refractivity contribution in [2.24, 2.45) is 0 Å². The minimum absolute atomic E-state index is 0.0743. The number of anilines is 1. The van der Waals surface area contributed by atoms with Gasteiger partial charge in [0.2, 0.25) is 10.0 Å². The fraction of sp³-hybridized carbons (Fsp3) is 0.318. The highest BCUT2D eigenvalue weighted by molar-refractivity contribution is 7.94. The smallest absolute Gasteiger partial charge is 0.258 e. The molecular formula is C22H26N2O5S2. The van der Waals surface area contributed by atoms with Crippen molar-refractivity contribution in [1.29, 1.82) is 0 Å². The second-order valence-electron chi connectivity index (χ2n) is 7.96. The number of rotatable bonds is 6. The average molecular weight is 463 g/mol. The van der Waals surface area contributed by atoms with E-state index in [-0.39, 0.29) is 16.2 Å². The summed E-state index contributed by atoms with van der Waals surface area (Å²) < 4.78 is 49.7. The monoisotopic (exact) mass is 462 g/mol. The molecule has 1 amide bonds. The minimum atomic E-state index is -3.62. The Balaban J connectivity index is 1.99. The quantitative estimate of drug-likeness (QED) is 0.658. The number of benzene rings is 2. The lowest BCUT2D eigenvalue weighted by molar-refractivity contribution is 0.0983. The summed E-state index contributed by atoms with van der Waals surface area (Å²) in [6.07, 6.45) is 1.51. The van der Waals surface area contributed by atoms with Crippen LogP contribution in [0.5, 0.6) is 0 Å². The normalized spacial score (nSPS) is 17.9. The molecule has 7 nitrogen and oxygen atoms in total. The summed E-state index contributed by atoms with van der Waals surface area (Å²) in [5.74, 6) is -0.286. The Hall–Kier alpha value is -2.49. The maximum atomic E-state index is 13.4. The zero-order valence-electron chi connectivity index (χ0n) is 17.9. The first-order valence-electron chi connectivity index (χ1n) is 9.79. The van der Waals surface area contributed by atoms with Gasteiger partial charge < -0.3 is 4.90 Å². The van der Waals surface area contributed by atoms with Crippen LogP contribution < -0.4 is 4.90 Å². The van der Waals surface area contributed by atoms with Crippen molar-refractivity contribution in [2.75, 3.05) is 24.7 Å². The number of nitrogens with zero attached hydrogens (tertiary/aromatic N) is 2. The second kappa shape index (κ2) is 8.57. The Bertz CT molecular complexity index is 1200. The van der Waals surface area contributed by atoms with Crippen LogP contribution in [-0.4, -0.2) is 52.9 Å². The van der Waals surface area contributed by atoms with E-state index in [4.69, 9.17) is 0 Å². The molecular weight excluding hydrogens is 436 g/mol. The first-order chi connectivity index (χ1) is 14.4. The summed E-state index contributed by atoms with van der Waals surface area (Å²) in [5, 5.41) is 1.13. The highest BCUT2D eigenvalue weighted by atomic mass is 32.2. The average Bonchev–Trinajstić information content (AvgIpc) is 3.07. The molecule has 0 aliphatic carbocycles. The Morgan fingerprint density at radius 2 is 1.58 bits per heavy atom. The molecule has 0 bridgehead atoms. The van der Waals surface area contributed by atoms with Crippen LogP contribution >= 0.6 is 0 Å². The van der Waals surface area contributed by atoms with Crippen LogP contribution in [0.25, 0.3) is 0 Å². The van der Waals surface area contributed by atoms with Crippen LogP contribution in [-0.2, 0) is 19.9 Å². The molecule has 0 spiro atoms. The lowest BCUT2D eigenvalue weighted by Gasteiger charge is -2.28. The van der Waals surface area contributed by atoms with E-state index >= 15 is 0 Å². The number of carbonyl (C=O) groups excluding carboxylic acids is 1. The third-order valence-corrected chi connectivity index (χ3v) is 8.39. The molecule has 0 radical (unpaired) electrons. The molecule has 0 saturated carbocycles. The fourth-order valence-corrected chi connectivity index (χ4v) is 5.49. The van der Waals surface area contributed by atoms with Crippen molar-refractivity contribution in [3.8, 4) is 0 Å². The van der Waals surface area contributed by atoms with Gasteiger partial charge in [-0.05, 0) is 54.0 Å². The largest absolute Gasteiger partial charge is 0.300 e. The number of sulfonamides is 1. The maximum absolute atomic E-state index is 13.4. The molecule has 1 aliphatic rings. The summed E-state index contributed by atoms with van der Waals surface area (Å²) in [6.45, 7) is 4.13. The van der Waals surface area contributed by atoms with Crippen LogP contribution in [0.15, 0.2) is 64.9 Å². The van der Waals surface area contributed by atoms with Crippen molar-refractivity contribution in [2.45, 2.75) is 30.7 Å². The van der Waals surface area contributed by atoms with Crippen molar-refractivity contribution < 1.29 is 21.6 Å². The van der Waals surface area contributed by atoms with E-state index in [2.05, 4.69) is 13.8 Å². The summed E-state index contributed by atoms with van der Waals surface area (Å²) in [5.41, 5.74) is 1.94. The molecule has 31 heavy (non-hydrogen) atoms. The van der Waals surface area contributed by atoms with Gasteiger partial charge in [-0.2, -0.15) is 0 Å². The second-order valence-corrected chi connectivity index (χ2v) is 12.0. The van der Waals surface area contributed by atoms with Crippen molar-refractivity contribution in [1.82, 2.24) is 4.31 Å². The lowest BCUT2D eigenvalue weighted by atomic mass is 10.0. The number of hydrogen-bond acceptors (Lipinski definition) is 5. The predicted molar refractivity (Wildman–Crippen MR) is 121 cm³/mol. The summed E-state index contributed by atoms with van der Waals surface area (Å²) in [4.78, 5) is 14.9. The topological polar surface area (TPSA) is 91.8 Å². The molecule has 2 aromatic carbocycles. The molecule has 0 saturated heterocycles. The molecule has 1 heterocycles. The van der Waals surface area contributed by atoms with Gasteiger partial charge in [-0.25, -0.2) is 21.1 Å². The van der Waals surface area contributed by atoms with Gasteiger partial charge >= 0.3 is 0 Å². The van der Waals surface area contributed by atoms with Crippen LogP contribution in [0, 0.1) is 0 Å². The number of amides is 1. The number of carbonyl (C=O) groups is 1. The van der Waals surface area contributed by atoms with Gasteiger partial charge in [0.25, 0.3) is 5.91 Å². The van der Waals surface area contributed by atoms with E-state index in [1.807, 2.05) is 12.1 Å². The van der Waals surface area contributed by atoms with Crippen molar-refractivity contribution in [3.63, 3.8) is 0 Å². The Morgan fingerprint density at radius 3 is 2.03 bits per heavy atom. The van der Waals surface area contributed by atoms with Crippen LogP contribution in [0.4, 0.5) is 5.69 Å². The molecule has 0 fully saturated rings. The van der Waals surface area contributed by atoms with E-state index in [9.17, 15) is 21.6 Å². The SMILES string of the molecule is CC(C)c1ccc(N(C(=O)c2ccc(S(=O)(=O)N(C)C)cc2)C2C=CS(=O)(=O)C2)cc1. The zero-order valence-corrected chi connectivity index (χ0v) is 19.5. The van der Waals surface area contributed by atoms with Gasteiger partial charge in [0.15, 0.2) is 9.84 Å². The first-order valence-corrected chi connectivity index (χ1v) is 12.9. The van der Waals surface area contributed by atoms with Crippen LogP contribution in [0.2, 0.25) is 0 Å². The summed E-state index contributed by atoms with van der Waals surface area (Å²) in [6, 6.07) is 12.4. The van der Waals surface area contributed by atoms with E-state index in [1.165, 1.54) is 49.3 Å². The molecule has 1 unspecified atom stereocenters. The van der Waals surface area contributed by atoms with E-state index in [0.717, 1.165) is 15.3 Å². The molecule has 0 aromatic heterocycles. The molecule has 1 aliphatic heterocycles. The highest BCUT2D eigenvalue weighted by Gasteiger charge is 2.32. The van der Waals surface area contributed by atoms with Gasteiger partial charge in [0, 0.05) is 30.8 Å². The molecule has 9 heteroatoms. The summed E-state index contributed by atoms with van der Waals surface area (Å²) in [7, 11) is -4.13. The fourth-order valence-electron chi connectivity index (χ4n) is 3.32. The third kappa shape index (κ3) is 4.89. The minimum Gasteiger partial charge on any atom is -0.300 e. The van der Waals surface area contributed by atoms with E-state index < -0.39 is 31.8 Å². The van der Waals surface area contributed by atoms with Crippen molar-refractivity contribution >= 4 is 31.5 Å². The highest BCUT2D eigenvalue weighted by Crippen LogP contribution is 2.27. The molecule has 166 valence electrons. The predicted octanol–water partition coefficient (Wildman–Crippen LogP) is 3.02. The molecule has 1 atom stereocenters. The van der Waals surface area contributed by atoms with Crippen molar-refractivity contribution in [3.05, 3.63) is 71.1 Å². The third-order valence-electron chi connectivity index (χ3n) is 5.18. The Labute approximate surface area is 184 Å². The Kier molecular flexibility index (Phi) is 6.40.